The maximum absolute atomic E-state index is 4.48. The SMILES string of the molecule is CCNC(Cn1cnc2ccccc21)C(CC)CC. The first kappa shape index (κ1) is 14.1. The molecule has 0 bridgehead atoms. The van der Waals surface area contributed by atoms with Gasteiger partial charge in [0.2, 0.25) is 0 Å². The lowest BCUT2D eigenvalue weighted by Gasteiger charge is -2.26. The molecule has 1 atom stereocenters. The Hall–Kier alpha value is -1.35. The topological polar surface area (TPSA) is 29.9 Å². The Labute approximate surface area is 116 Å². The average molecular weight is 259 g/mol. The minimum Gasteiger partial charge on any atom is -0.329 e. The molecule has 0 spiro atoms. The van der Waals surface area contributed by atoms with Crippen molar-refractivity contribution in [2.45, 2.75) is 46.2 Å². The first-order valence-electron chi connectivity index (χ1n) is 7.43. The summed E-state index contributed by atoms with van der Waals surface area (Å²) in [6, 6.07) is 8.88. The van der Waals surface area contributed by atoms with E-state index in [1.807, 2.05) is 12.4 Å². The van der Waals surface area contributed by atoms with Crippen molar-refractivity contribution in [2.24, 2.45) is 5.92 Å². The third kappa shape index (κ3) is 3.16. The number of nitrogens with zero attached hydrogens (tertiary/aromatic N) is 2. The highest BCUT2D eigenvalue weighted by Gasteiger charge is 2.18. The van der Waals surface area contributed by atoms with Crippen LogP contribution in [0.5, 0.6) is 0 Å². The first-order chi connectivity index (χ1) is 9.30. The lowest BCUT2D eigenvalue weighted by Crippen LogP contribution is -2.39. The van der Waals surface area contributed by atoms with Crippen LogP contribution in [-0.2, 0) is 6.54 Å². The summed E-state index contributed by atoms with van der Waals surface area (Å²) in [5.41, 5.74) is 2.32. The average Bonchev–Trinajstić information content (AvgIpc) is 2.84. The van der Waals surface area contributed by atoms with E-state index in [4.69, 9.17) is 0 Å². The Morgan fingerprint density at radius 3 is 2.58 bits per heavy atom. The molecule has 1 heterocycles. The van der Waals surface area contributed by atoms with Crippen LogP contribution in [0.15, 0.2) is 30.6 Å². The zero-order valence-corrected chi connectivity index (χ0v) is 12.3. The molecule has 3 heteroatoms. The highest BCUT2D eigenvalue weighted by atomic mass is 15.1. The van der Waals surface area contributed by atoms with Crippen molar-refractivity contribution < 1.29 is 0 Å². The molecule has 104 valence electrons. The van der Waals surface area contributed by atoms with Crippen molar-refractivity contribution in [1.29, 1.82) is 0 Å². The maximum Gasteiger partial charge on any atom is 0.0958 e. The van der Waals surface area contributed by atoms with Gasteiger partial charge in [0, 0.05) is 12.6 Å². The van der Waals surface area contributed by atoms with Crippen molar-refractivity contribution >= 4 is 11.0 Å². The molecular formula is C16H25N3. The summed E-state index contributed by atoms with van der Waals surface area (Å²) in [6.07, 6.45) is 4.42. The summed E-state index contributed by atoms with van der Waals surface area (Å²) in [6.45, 7) is 8.77. The van der Waals surface area contributed by atoms with Crippen molar-refractivity contribution in [1.82, 2.24) is 14.9 Å². The van der Waals surface area contributed by atoms with Gasteiger partial charge in [-0.25, -0.2) is 4.98 Å². The molecule has 3 nitrogen and oxygen atoms in total. The van der Waals surface area contributed by atoms with Crippen molar-refractivity contribution in [3.8, 4) is 0 Å². The van der Waals surface area contributed by atoms with E-state index in [2.05, 4.69) is 53.8 Å². The lowest BCUT2D eigenvalue weighted by molar-refractivity contribution is 0.308. The number of fused-ring (bicyclic) bond motifs is 1. The Balaban J connectivity index is 2.20. The highest BCUT2D eigenvalue weighted by Crippen LogP contribution is 2.18. The van der Waals surface area contributed by atoms with Gasteiger partial charge in [-0.2, -0.15) is 0 Å². The third-order valence-electron chi connectivity index (χ3n) is 4.00. The van der Waals surface area contributed by atoms with Crippen LogP contribution in [0, 0.1) is 5.92 Å². The van der Waals surface area contributed by atoms with E-state index in [-0.39, 0.29) is 0 Å². The van der Waals surface area contributed by atoms with Crippen LogP contribution in [0.4, 0.5) is 0 Å². The molecule has 0 aliphatic rings. The fraction of sp³-hybridized carbons (Fsp3) is 0.562. The summed E-state index contributed by atoms with van der Waals surface area (Å²) in [5.74, 6) is 0.723. The number of hydrogen-bond donors (Lipinski definition) is 1. The fourth-order valence-electron chi connectivity index (χ4n) is 2.87. The van der Waals surface area contributed by atoms with E-state index in [0.29, 0.717) is 6.04 Å². The van der Waals surface area contributed by atoms with Gasteiger partial charge in [0.15, 0.2) is 0 Å². The number of likely N-dealkylation sites (N-methyl/N-ethyl adjacent to an activating group) is 1. The fourth-order valence-corrected chi connectivity index (χ4v) is 2.87. The zero-order valence-electron chi connectivity index (χ0n) is 12.3. The number of nitrogens with one attached hydrogen (secondary N) is 1. The van der Waals surface area contributed by atoms with Gasteiger partial charge < -0.3 is 9.88 Å². The van der Waals surface area contributed by atoms with Crippen LogP contribution in [0.25, 0.3) is 11.0 Å². The van der Waals surface area contributed by atoms with Gasteiger partial charge in [-0.15, -0.1) is 0 Å². The van der Waals surface area contributed by atoms with Crippen LogP contribution in [0.1, 0.15) is 33.6 Å². The summed E-state index contributed by atoms with van der Waals surface area (Å²) in [7, 11) is 0. The van der Waals surface area contributed by atoms with Gasteiger partial charge in [0.1, 0.15) is 0 Å². The van der Waals surface area contributed by atoms with E-state index in [9.17, 15) is 0 Å². The molecule has 1 aromatic carbocycles. The van der Waals surface area contributed by atoms with Crippen LogP contribution in [0.3, 0.4) is 0 Å². The summed E-state index contributed by atoms with van der Waals surface area (Å²) in [5, 5.41) is 3.64. The van der Waals surface area contributed by atoms with Gasteiger partial charge in [0.25, 0.3) is 0 Å². The monoisotopic (exact) mass is 259 g/mol. The Morgan fingerprint density at radius 1 is 1.16 bits per heavy atom. The summed E-state index contributed by atoms with van der Waals surface area (Å²) < 4.78 is 2.28. The van der Waals surface area contributed by atoms with Gasteiger partial charge >= 0.3 is 0 Å². The molecule has 0 aliphatic carbocycles. The molecule has 19 heavy (non-hydrogen) atoms. The van der Waals surface area contributed by atoms with E-state index >= 15 is 0 Å². The Morgan fingerprint density at radius 2 is 1.89 bits per heavy atom. The van der Waals surface area contributed by atoms with E-state index in [1.54, 1.807) is 0 Å². The summed E-state index contributed by atoms with van der Waals surface area (Å²) >= 11 is 0. The quantitative estimate of drug-likeness (QED) is 0.825. The van der Waals surface area contributed by atoms with Gasteiger partial charge in [-0.1, -0.05) is 45.7 Å². The third-order valence-corrected chi connectivity index (χ3v) is 4.00. The molecule has 0 fully saturated rings. The predicted octanol–water partition coefficient (Wildman–Crippen LogP) is 3.45. The second-order valence-electron chi connectivity index (χ2n) is 5.13. The van der Waals surface area contributed by atoms with Crippen molar-refractivity contribution in [3.63, 3.8) is 0 Å². The molecule has 0 saturated heterocycles. The minimum absolute atomic E-state index is 0.526. The zero-order chi connectivity index (χ0) is 13.7. The molecule has 0 saturated carbocycles. The van der Waals surface area contributed by atoms with Crippen molar-refractivity contribution in [2.75, 3.05) is 6.54 Å². The van der Waals surface area contributed by atoms with Crippen LogP contribution in [-0.4, -0.2) is 22.1 Å². The van der Waals surface area contributed by atoms with E-state index < -0.39 is 0 Å². The van der Waals surface area contributed by atoms with Crippen LogP contribution >= 0.6 is 0 Å². The number of imidazole rings is 1. The smallest absolute Gasteiger partial charge is 0.0958 e. The highest BCUT2D eigenvalue weighted by molar-refractivity contribution is 5.74. The molecule has 0 aliphatic heterocycles. The number of aromatic nitrogens is 2. The number of para-hydroxylation sites is 2. The number of rotatable bonds is 7. The standard InChI is InChI=1S/C16H25N3/c1-4-13(5-2)15(17-6-3)11-19-12-18-14-9-7-8-10-16(14)19/h7-10,12-13,15,17H,4-6,11H2,1-3H3. The predicted molar refractivity (Wildman–Crippen MR) is 81.3 cm³/mol. The second-order valence-corrected chi connectivity index (χ2v) is 5.13. The molecule has 2 rings (SSSR count). The molecule has 2 aromatic rings. The van der Waals surface area contributed by atoms with Crippen LogP contribution < -0.4 is 5.32 Å². The van der Waals surface area contributed by atoms with Gasteiger partial charge in [0.05, 0.1) is 17.4 Å². The lowest BCUT2D eigenvalue weighted by atomic mass is 9.94. The van der Waals surface area contributed by atoms with Crippen molar-refractivity contribution in [3.05, 3.63) is 30.6 Å². The van der Waals surface area contributed by atoms with E-state index in [1.165, 1.54) is 18.4 Å². The van der Waals surface area contributed by atoms with E-state index in [0.717, 1.165) is 24.5 Å². The second kappa shape index (κ2) is 6.71. The molecule has 1 N–H and O–H groups in total. The largest absolute Gasteiger partial charge is 0.329 e. The summed E-state index contributed by atoms with van der Waals surface area (Å²) in [4.78, 5) is 4.48. The molecule has 1 unspecified atom stereocenters. The Bertz CT molecular complexity index is 499. The molecular weight excluding hydrogens is 234 g/mol. The minimum atomic E-state index is 0.526. The number of hydrogen-bond acceptors (Lipinski definition) is 2. The molecule has 1 aromatic heterocycles. The first-order valence-corrected chi connectivity index (χ1v) is 7.43. The maximum atomic E-state index is 4.48. The van der Waals surface area contributed by atoms with Crippen LogP contribution in [0.2, 0.25) is 0 Å². The Kier molecular flexibility index (Phi) is 4.97. The van der Waals surface area contributed by atoms with Gasteiger partial charge in [-0.05, 0) is 24.6 Å². The normalized spacial score (nSPS) is 13.3. The molecule has 0 amide bonds. The number of benzene rings is 1. The molecule has 0 radical (unpaired) electrons. The van der Waals surface area contributed by atoms with Gasteiger partial charge in [-0.3, -0.25) is 0 Å².